The van der Waals surface area contributed by atoms with E-state index in [0.29, 0.717) is 0 Å². The Labute approximate surface area is 115 Å². The molecular formula is C14H16N4S. The van der Waals surface area contributed by atoms with E-state index < -0.39 is 0 Å². The Balaban J connectivity index is 1.93. The number of hydrazine groups is 1. The summed E-state index contributed by atoms with van der Waals surface area (Å²) in [5.41, 5.74) is 5.31. The van der Waals surface area contributed by atoms with Crippen LogP contribution in [0.2, 0.25) is 0 Å². The third kappa shape index (κ3) is 2.28. The molecule has 0 saturated carbocycles. The Morgan fingerprint density at radius 2 is 2.26 bits per heavy atom. The lowest BCUT2D eigenvalue weighted by molar-refractivity contribution is 0.523. The van der Waals surface area contributed by atoms with Crippen molar-refractivity contribution in [2.75, 3.05) is 0 Å². The van der Waals surface area contributed by atoms with Gasteiger partial charge < -0.3 is 4.57 Å². The number of hydrogen-bond donors (Lipinski definition) is 2. The highest BCUT2D eigenvalue weighted by Gasteiger charge is 2.16. The summed E-state index contributed by atoms with van der Waals surface area (Å²) >= 11 is 1.78. The summed E-state index contributed by atoms with van der Waals surface area (Å²) in [4.78, 5) is 4.15. The van der Waals surface area contributed by atoms with Gasteiger partial charge in [-0.1, -0.05) is 18.2 Å². The standard InChI is InChI=1S/C14H16N4S/c1-18-9-16-7-13(18)12(17-15)6-10-8-19-14-5-3-2-4-11(10)14/h2-5,7-9,12,17H,6,15H2,1H3. The van der Waals surface area contributed by atoms with E-state index in [1.807, 2.05) is 17.8 Å². The molecule has 0 bridgehead atoms. The van der Waals surface area contributed by atoms with E-state index in [2.05, 4.69) is 40.1 Å². The quantitative estimate of drug-likeness (QED) is 0.566. The normalized spacial score (nSPS) is 12.9. The maximum absolute atomic E-state index is 5.71. The van der Waals surface area contributed by atoms with Crippen LogP contribution in [-0.4, -0.2) is 9.55 Å². The van der Waals surface area contributed by atoms with Gasteiger partial charge in [0.25, 0.3) is 0 Å². The monoisotopic (exact) mass is 272 g/mol. The number of imidazole rings is 1. The average Bonchev–Trinajstić information content (AvgIpc) is 3.03. The maximum Gasteiger partial charge on any atom is 0.0946 e. The smallest absolute Gasteiger partial charge is 0.0946 e. The fourth-order valence-corrected chi connectivity index (χ4v) is 3.34. The molecule has 0 aliphatic rings. The van der Waals surface area contributed by atoms with Crippen LogP contribution in [-0.2, 0) is 13.5 Å². The first-order valence-corrected chi connectivity index (χ1v) is 7.05. The molecule has 0 spiro atoms. The molecule has 0 fully saturated rings. The summed E-state index contributed by atoms with van der Waals surface area (Å²) < 4.78 is 3.32. The fraction of sp³-hybridized carbons (Fsp3) is 0.214. The number of thiophene rings is 1. The molecule has 0 saturated heterocycles. The van der Waals surface area contributed by atoms with Crippen LogP contribution >= 0.6 is 11.3 Å². The number of nitrogens with two attached hydrogens (primary N) is 1. The summed E-state index contributed by atoms with van der Waals surface area (Å²) in [6.07, 6.45) is 4.52. The lowest BCUT2D eigenvalue weighted by Crippen LogP contribution is -2.30. The molecule has 3 rings (SSSR count). The molecule has 3 aromatic rings. The number of aryl methyl sites for hydroxylation is 1. The van der Waals surface area contributed by atoms with E-state index in [4.69, 9.17) is 5.84 Å². The zero-order valence-corrected chi connectivity index (χ0v) is 11.5. The van der Waals surface area contributed by atoms with Gasteiger partial charge in [-0.15, -0.1) is 11.3 Å². The lowest BCUT2D eigenvalue weighted by atomic mass is 10.0. The van der Waals surface area contributed by atoms with Crippen LogP contribution in [0, 0.1) is 0 Å². The molecule has 5 heteroatoms. The zero-order chi connectivity index (χ0) is 13.2. The third-order valence-corrected chi connectivity index (χ3v) is 4.41. The molecule has 0 aliphatic heterocycles. The number of nitrogens with one attached hydrogen (secondary N) is 1. The predicted molar refractivity (Wildman–Crippen MR) is 78.8 cm³/mol. The molecule has 3 N–H and O–H groups in total. The van der Waals surface area contributed by atoms with Gasteiger partial charge in [-0.25, -0.2) is 4.98 Å². The fourth-order valence-electron chi connectivity index (χ4n) is 2.36. The summed E-state index contributed by atoms with van der Waals surface area (Å²) in [7, 11) is 1.98. The van der Waals surface area contributed by atoms with Gasteiger partial charge in [0, 0.05) is 17.9 Å². The van der Waals surface area contributed by atoms with Gasteiger partial charge in [0.15, 0.2) is 0 Å². The number of hydrogen-bond acceptors (Lipinski definition) is 4. The minimum atomic E-state index is 0.0745. The van der Waals surface area contributed by atoms with Crippen LogP contribution in [0.25, 0.3) is 10.1 Å². The summed E-state index contributed by atoms with van der Waals surface area (Å²) in [6.45, 7) is 0. The van der Waals surface area contributed by atoms with Crippen molar-refractivity contribution < 1.29 is 0 Å². The predicted octanol–water partition coefficient (Wildman–Crippen LogP) is 2.38. The molecule has 0 radical (unpaired) electrons. The van der Waals surface area contributed by atoms with Gasteiger partial charge in [0.1, 0.15) is 0 Å². The molecule has 1 unspecified atom stereocenters. The van der Waals surface area contributed by atoms with Gasteiger partial charge in [-0.3, -0.25) is 11.3 Å². The van der Waals surface area contributed by atoms with Crippen molar-refractivity contribution in [2.45, 2.75) is 12.5 Å². The molecule has 4 nitrogen and oxygen atoms in total. The van der Waals surface area contributed by atoms with Gasteiger partial charge in [0.05, 0.1) is 18.1 Å². The Kier molecular flexibility index (Phi) is 3.33. The minimum absolute atomic E-state index is 0.0745. The number of fused-ring (bicyclic) bond motifs is 1. The SMILES string of the molecule is Cn1cncc1C(Cc1csc2ccccc12)NN. The van der Waals surface area contributed by atoms with Crippen molar-refractivity contribution in [3.05, 3.63) is 53.4 Å². The van der Waals surface area contributed by atoms with Crippen LogP contribution in [0.3, 0.4) is 0 Å². The molecule has 98 valence electrons. The van der Waals surface area contributed by atoms with E-state index in [1.54, 1.807) is 17.7 Å². The van der Waals surface area contributed by atoms with Crippen LogP contribution in [0.1, 0.15) is 17.3 Å². The van der Waals surface area contributed by atoms with Crippen LogP contribution in [0.5, 0.6) is 0 Å². The van der Waals surface area contributed by atoms with Crippen molar-refractivity contribution in [3.8, 4) is 0 Å². The van der Waals surface area contributed by atoms with E-state index in [9.17, 15) is 0 Å². The van der Waals surface area contributed by atoms with E-state index in [1.165, 1.54) is 15.6 Å². The largest absolute Gasteiger partial charge is 0.336 e. The second-order valence-corrected chi connectivity index (χ2v) is 5.52. The highest BCUT2D eigenvalue weighted by molar-refractivity contribution is 7.17. The first kappa shape index (κ1) is 12.3. The Morgan fingerprint density at radius 3 is 3.00 bits per heavy atom. The molecule has 0 aliphatic carbocycles. The van der Waals surface area contributed by atoms with Crippen molar-refractivity contribution >= 4 is 21.4 Å². The van der Waals surface area contributed by atoms with Crippen molar-refractivity contribution in [1.29, 1.82) is 0 Å². The Hall–Kier alpha value is -1.69. The second-order valence-electron chi connectivity index (χ2n) is 4.61. The van der Waals surface area contributed by atoms with Crippen LogP contribution < -0.4 is 11.3 Å². The zero-order valence-electron chi connectivity index (χ0n) is 10.7. The molecule has 19 heavy (non-hydrogen) atoms. The first-order valence-electron chi connectivity index (χ1n) is 6.17. The average molecular weight is 272 g/mol. The number of benzene rings is 1. The third-order valence-electron chi connectivity index (χ3n) is 3.40. The minimum Gasteiger partial charge on any atom is -0.336 e. The summed E-state index contributed by atoms with van der Waals surface area (Å²) in [6, 6.07) is 8.54. The van der Waals surface area contributed by atoms with Gasteiger partial charge >= 0.3 is 0 Å². The first-order chi connectivity index (χ1) is 9.29. The van der Waals surface area contributed by atoms with E-state index >= 15 is 0 Å². The van der Waals surface area contributed by atoms with Gasteiger partial charge in [0.2, 0.25) is 0 Å². The lowest BCUT2D eigenvalue weighted by Gasteiger charge is -2.16. The number of rotatable bonds is 4. The molecule has 2 heterocycles. The maximum atomic E-state index is 5.71. The van der Waals surface area contributed by atoms with Crippen LogP contribution in [0.15, 0.2) is 42.2 Å². The number of nitrogens with zero attached hydrogens (tertiary/aromatic N) is 2. The molecular weight excluding hydrogens is 256 g/mol. The second kappa shape index (κ2) is 5.13. The summed E-state index contributed by atoms with van der Waals surface area (Å²) in [5.74, 6) is 5.71. The van der Waals surface area contributed by atoms with Crippen LogP contribution in [0.4, 0.5) is 0 Å². The molecule has 0 amide bonds. The molecule has 1 atom stereocenters. The highest BCUT2D eigenvalue weighted by atomic mass is 32.1. The Morgan fingerprint density at radius 1 is 1.42 bits per heavy atom. The Bertz CT molecular complexity index is 685. The van der Waals surface area contributed by atoms with Crippen molar-refractivity contribution in [3.63, 3.8) is 0 Å². The van der Waals surface area contributed by atoms with E-state index in [0.717, 1.165) is 12.1 Å². The summed E-state index contributed by atoms with van der Waals surface area (Å²) in [5, 5.41) is 3.53. The molecule has 2 aromatic heterocycles. The van der Waals surface area contributed by atoms with Gasteiger partial charge in [-0.2, -0.15) is 0 Å². The number of aromatic nitrogens is 2. The topological polar surface area (TPSA) is 55.9 Å². The van der Waals surface area contributed by atoms with Crippen molar-refractivity contribution in [1.82, 2.24) is 15.0 Å². The van der Waals surface area contributed by atoms with Gasteiger partial charge in [-0.05, 0) is 28.8 Å². The van der Waals surface area contributed by atoms with E-state index in [-0.39, 0.29) is 6.04 Å². The molecule has 1 aromatic carbocycles. The van der Waals surface area contributed by atoms with Crippen molar-refractivity contribution in [2.24, 2.45) is 12.9 Å². The highest BCUT2D eigenvalue weighted by Crippen LogP contribution is 2.29.